The summed E-state index contributed by atoms with van der Waals surface area (Å²) >= 11 is 0. The van der Waals surface area contributed by atoms with Crippen LogP contribution in [0.3, 0.4) is 0 Å². The summed E-state index contributed by atoms with van der Waals surface area (Å²) in [7, 11) is -3.69. The van der Waals surface area contributed by atoms with Gasteiger partial charge in [0.15, 0.2) is 0 Å². The number of benzene rings is 1. The number of pyridine rings is 1. The normalized spacial score (nSPS) is 15.1. The minimum absolute atomic E-state index is 0.0235. The Labute approximate surface area is 221 Å². The van der Waals surface area contributed by atoms with Crippen molar-refractivity contribution in [3.8, 4) is 11.3 Å². The SMILES string of the molecule is CC(C)(C)NS(=O)(=O)c1cnc(N2CCC(NC(=O)c3ccc(-c4nccc5occc45)cc3)CC2)nc1. The Morgan fingerprint density at radius 3 is 2.34 bits per heavy atom. The molecule has 4 aromatic rings. The van der Waals surface area contributed by atoms with Gasteiger partial charge in [-0.3, -0.25) is 9.78 Å². The molecule has 0 atom stereocenters. The molecule has 0 spiro atoms. The predicted octanol–water partition coefficient (Wildman–Crippen LogP) is 3.76. The standard InChI is InChI=1S/C27H30N6O4S/c1-27(2,3)32-38(35,36)21-16-29-26(30-17-21)33-13-9-20(10-14-33)31-25(34)19-6-4-18(5-7-19)24-22-11-15-37-23(22)8-12-28-24/h4-8,11-12,15-17,20,32H,9-10,13-14H2,1-3H3,(H,31,34). The summed E-state index contributed by atoms with van der Waals surface area (Å²) in [5.41, 5.74) is 2.48. The number of fused-ring (bicyclic) bond motifs is 1. The van der Waals surface area contributed by atoms with Crippen molar-refractivity contribution in [3.63, 3.8) is 0 Å². The molecule has 10 nitrogen and oxygen atoms in total. The number of carbonyl (C=O) groups excluding carboxylic acids is 1. The van der Waals surface area contributed by atoms with Crippen molar-refractivity contribution in [2.45, 2.75) is 50.1 Å². The highest BCUT2D eigenvalue weighted by Crippen LogP contribution is 2.27. The van der Waals surface area contributed by atoms with Crippen LogP contribution in [-0.2, 0) is 10.0 Å². The number of anilines is 1. The molecule has 1 amide bonds. The molecule has 1 aromatic carbocycles. The van der Waals surface area contributed by atoms with E-state index in [-0.39, 0.29) is 16.8 Å². The number of rotatable bonds is 6. The van der Waals surface area contributed by atoms with Crippen LogP contribution >= 0.6 is 0 Å². The van der Waals surface area contributed by atoms with Crippen molar-refractivity contribution in [3.05, 3.63) is 66.8 Å². The second kappa shape index (κ2) is 10.1. The third kappa shape index (κ3) is 5.68. The van der Waals surface area contributed by atoms with E-state index in [9.17, 15) is 13.2 Å². The molecule has 0 bridgehead atoms. The lowest BCUT2D eigenvalue weighted by atomic mass is 10.0. The average molecular weight is 535 g/mol. The fourth-order valence-electron chi connectivity index (χ4n) is 4.47. The Morgan fingerprint density at radius 1 is 1.00 bits per heavy atom. The van der Waals surface area contributed by atoms with E-state index < -0.39 is 15.6 Å². The summed E-state index contributed by atoms with van der Waals surface area (Å²) < 4.78 is 33.0. The fourth-order valence-corrected chi connectivity index (χ4v) is 5.78. The zero-order valence-electron chi connectivity index (χ0n) is 21.5. The largest absolute Gasteiger partial charge is 0.464 e. The van der Waals surface area contributed by atoms with E-state index in [0.29, 0.717) is 24.6 Å². The van der Waals surface area contributed by atoms with Gasteiger partial charge >= 0.3 is 0 Å². The van der Waals surface area contributed by atoms with Crippen LogP contribution in [0.15, 0.2) is 70.6 Å². The van der Waals surface area contributed by atoms with Crippen molar-refractivity contribution >= 4 is 32.8 Å². The van der Waals surface area contributed by atoms with Gasteiger partial charge in [-0.05, 0) is 57.9 Å². The first-order valence-electron chi connectivity index (χ1n) is 12.4. The first-order chi connectivity index (χ1) is 18.1. The molecule has 0 aliphatic carbocycles. The summed E-state index contributed by atoms with van der Waals surface area (Å²) in [6.45, 7) is 6.63. The van der Waals surface area contributed by atoms with Crippen LogP contribution in [0.4, 0.5) is 5.95 Å². The highest BCUT2D eigenvalue weighted by atomic mass is 32.2. The molecule has 0 saturated carbocycles. The van der Waals surface area contributed by atoms with Gasteiger partial charge < -0.3 is 14.6 Å². The predicted molar refractivity (Wildman–Crippen MR) is 144 cm³/mol. The smallest absolute Gasteiger partial charge is 0.251 e. The lowest BCUT2D eigenvalue weighted by molar-refractivity contribution is 0.0931. The lowest BCUT2D eigenvalue weighted by Gasteiger charge is -2.32. The van der Waals surface area contributed by atoms with Crippen molar-refractivity contribution in [2.75, 3.05) is 18.0 Å². The number of amides is 1. The molecular formula is C27H30N6O4S. The number of sulfonamides is 1. The minimum Gasteiger partial charge on any atom is -0.464 e. The molecule has 3 aromatic heterocycles. The number of furan rings is 1. The van der Waals surface area contributed by atoms with Gasteiger partial charge in [0.2, 0.25) is 16.0 Å². The molecule has 38 heavy (non-hydrogen) atoms. The van der Waals surface area contributed by atoms with E-state index in [4.69, 9.17) is 4.42 Å². The Morgan fingerprint density at radius 2 is 1.68 bits per heavy atom. The van der Waals surface area contributed by atoms with Crippen LogP contribution in [0.2, 0.25) is 0 Å². The number of piperidine rings is 1. The summed E-state index contributed by atoms with van der Waals surface area (Å²) in [6, 6.07) is 11.1. The van der Waals surface area contributed by atoms with Gasteiger partial charge in [-0.2, -0.15) is 0 Å². The Hall–Kier alpha value is -3.83. The summed E-state index contributed by atoms with van der Waals surface area (Å²) in [6.07, 6.45) is 7.46. The van der Waals surface area contributed by atoms with E-state index in [2.05, 4.69) is 25.0 Å². The van der Waals surface area contributed by atoms with Crippen LogP contribution in [-0.4, -0.2) is 53.9 Å². The Bertz CT molecular complexity index is 1540. The maximum atomic E-state index is 12.9. The summed E-state index contributed by atoms with van der Waals surface area (Å²) in [5, 5.41) is 4.05. The van der Waals surface area contributed by atoms with E-state index in [0.717, 1.165) is 35.1 Å². The molecular weight excluding hydrogens is 504 g/mol. The minimum atomic E-state index is -3.69. The van der Waals surface area contributed by atoms with E-state index in [1.165, 1.54) is 12.4 Å². The molecule has 1 aliphatic heterocycles. The van der Waals surface area contributed by atoms with E-state index in [1.54, 1.807) is 45.4 Å². The van der Waals surface area contributed by atoms with Crippen LogP contribution in [0, 0.1) is 0 Å². The van der Waals surface area contributed by atoms with Gasteiger partial charge in [0.25, 0.3) is 5.91 Å². The van der Waals surface area contributed by atoms with Crippen molar-refractivity contribution in [2.24, 2.45) is 0 Å². The topological polar surface area (TPSA) is 130 Å². The molecule has 5 rings (SSSR count). The number of carbonyl (C=O) groups is 1. The molecule has 2 N–H and O–H groups in total. The highest BCUT2D eigenvalue weighted by molar-refractivity contribution is 7.89. The quantitative estimate of drug-likeness (QED) is 0.382. The van der Waals surface area contributed by atoms with E-state index in [1.807, 2.05) is 29.2 Å². The van der Waals surface area contributed by atoms with Gasteiger partial charge in [0.05, 0.1) is 24.4 Å². The van der Waals surface area contributed by atoms with Gasteiger partial charge in [0, 0.05) is 47.4 Å². The van der Waals surface area contributed by atoms with Crippen LogP contribution < -0.4 is 14.9 Å². The molecule has 0 radical (unpaired) electrons. The maximum absolute atomic E-state index is 12.9. The summed E-state index contributed by atoms with van der Waals surface area (Å²) in [5.74, 6) is 0.350. The zero-order valence-corrected chi connectivity index (χ0v) is 22.3. The summed E-state index contributed by atoms with van der Waals surface area (Å²) in [4.78, 5) is 27.9. The number of nitrogens with zero attached hydrogens (tertiary/aromatic N) is 4. The lowest BCUT2D eigenvalue weighted by Crippen LogP contribution is -2.45. The number of hydrogen-bond acceptors (Lipinski definition) is 8. The molecule has 11 heteroatoms. The molecule has 1 fully saturated rings. The fraction of sp³-hybridized carbons (Fsp3) is 0.333. The number of nitrogens with one attached hydrogen (secondary N) is 2. The van der Waals surface area contributed by atoms with Gasteiger partial charge in [0.1, 0.15) is 10.5 Å². The van der Waals surface area contributed by atoms with Crippen molar-refractivity contribution in [1.29, 1.82) is 0 Å². The van der Waals surface area contributed by atoms with Crippen LogP contribution in [0.1, 0.15) is 44.0 Å². The molecule has 0 unspecified atom stereocenters. The van der Waals surface area contributed by atoms with Crippen molar-refractivity contribution in [1.82, 2.24) is 25.0 Å². The highest BCUT2D eigenvalue weighted by Gasteiger charge is 2.25. The molecule has 1 saturated heterocycles. The van der Waals surface area contributed by atoms with Crippen LogP contribution in [0.5, 0.6) is 0 Å². The Kier molecular flexibility index (Phi) is 6.89. The first-order valence-corrected chi connectivity index (χ1v) is 13.9. The van der Waals surface area contributed by atoms with Crippen LogP contribution in [0.25, 0.3) is 22.2 Å². The number of hydrogen-bond donors (Lipinski definition) is 2. The number of aromatic nitrogens is 3. The van der Waals surface area contributed by atoms with Crippen molar-refractivity contribution < 1.29 is 17.6 Å². The molecule has 4 heterocycles. The Balaban J connectivity index is 1.16. The van der Waals surface area contributed by atoms with Gasteiger partial charge in [-0.1, -0.05) is 12.1 Å². The third-order valence-corrected chi connectivity index (χ3v) is 7.99. The maximum Gasteiger partial charge on any atom is 0.251 e. The van der Waals surface area contributed by atoms with Gasteiger partial charge in [-0.15, -0.1) is 0 Å². The van der Waals surface area contributed by atoms with E-state index >= 15 is 0 Å². The second-order valence-electron chi connectivity index (χ2n) is 10.4. The average Bonchev–Trinajstić information content (AvgIpc) is 3.37. The third-order valence-electron chi connectivity index (χ3n) is 6.28. The monoisotopic (exact) mass is 534 g/mol. The molecule has 198 valence electrons. The van der Waals surface area contributed by atoms with Gasteiger partial charge in [-0.25, -0.2) is 23.1 Å². The second-order valence-corrected chi connectivity index (χ2v) is 12.1. The first kappa shape index (κ1) is 25.8. The molecule has 1 aliphatic rings. The zero-order chi connectivity index (χ0) is 26.9.